The second-order valence-corrected chi connectivity index (χ2v) is 6.83. The summed E-state index contributed by atoms with van der Waals surface area (Å²) in [5.74, 6) is -0.789. The van der Waals surface area contributed by atoms with E-state index in [2.05, 4.69) is 10.3 Å². The van der Waals surface area contributed by atoms with Gasteiger partial charge in [0.05, 0.1) is 16.7 Å². The number of rotatable bonds is 7. The molecule has 0 aliphatic carbocycles. The topological polar surface area (TPSA) is 113 Å². The summed E-state index contributed by atoms with van der Waals surface area (Å²) in [6, 6.07) is 13.3. The minimum Gasteiger partial charge on any atom is -0.507 e. The number of imide groups is 1. The second kappa shape index (κ2) is 8.20. The van der Waals surface area contributed by atoms with E-state index in [0.29, 0.717) is 42.6 Å². The quantitative estimate of drug-likeness (QED) is 0.462. The molecule has 8 nitrogen and oxygen atoms in total. The van der Waals surface area contributed by atoms with Gasteiger partial charge < -0.3 is 14.8 Å². The zero-order chi connectivity index (χ0) is 21.1. The number of nitrogens with zero attached hydrogens (tertiary/aromatic N) is 2. The molecular formula is C22H19N3O5. The zero-order valence-electron chi connectivity index (χ0n) is 16.0. The highest BCUT2D eigenvalue weighted by Crippen LogP contribution is 2.27. The normalized spacial score (nSPS) is 12.9. The average Bonchev–Trinajstić information content (AvgIpc) is 3.33. The van der Waals surface area contributed by atoms with Gasteiger partial charge in [0, 0.05) is 13.1 Å². The number of carbonyl (C=O) groups is 3. The lowest BCUT2D eigenvalue weighted by Crippen LogP contribution is -2.31. The third kappa shape index (κ3) is 3.67. The van der Waals surface area contributed by atoms with Crippen molar-refractivity contribution in [3.05, 3.63) is 71.6 Å². The second-order valence-electron chi connectivity index (χ2n) is 6.83. The van der Waals surface area contributed by atoms with Gasteiger partial charge in [0.15, 0.2) is 5.69 Å². The van der Waals surface area contributed by atoms with Crippen molar-refractivity contribution in [2.24, 2.45) is 0 Å². The van der Waals surface area contributed by atoms with Gasteiger partial charge in [-0.2, -0.15) is 0 Å². The molecule has 3 aromatic rings. The minimum atomic E-state index is -0.402. The molecule has 30 heavy (non-hydrogen) atoms. The molecule has 0 radical (unpaired) electrons. The van der Waals surface area contributed by atoms with Crippen molar-refractivity contribution >= 4 is 17.7 Å². The first-order chi connectivity index (χ1) is 14.6. The van der Waals surface area contributed by atoms with Crippen molar-refractivity contribution in [3.63, 3.8) is 0 Å². The van der Waals surface area contributed by atoms with E-state index < -0.39 is 5.91 Å². The maximum absolute atomic E-state index is 12.3. The molecule has 0 saturated heterocycles. The molecule has 0 bridgehead atoms. The van der Waals surface area contributed by atoms with Gasteiger partial charge in [-0.15, -0.1) is 0 Å². The van der Waals surface area contributed by atoms with Gasteiger partial charge >= 0.3 is 0 Å². The third-order valence-corrected chi connectivity index (χ3v) is 4.84. The molecule has 2 aromatic carbocycles. The lowest BCUT2D eigenvalue weighted by Gasteiger charge is -2.13. The first-order valence-corrected chi connectivity index (χ1v) is 9.53. The SMILES string of the molecule is O=C(NCCCCN1C(=O)c2ccccc2C1=O)c1coc(-c2ccccc2O)n1. The Morgan fingerprint density at radius 1 is 0.967 bits per heavy atom. The van der Waals surface area contributed by atoms with Crippen molar-refractivity contribution < 1.29 is 23.9 Å². The summed E-state index contributed by atoms with van der Waals surface area (Å²) in [6.45, 7) is 0.657. The molecule has 4 rings (SSSR count). The fraction of sp³-hybridized carbons (Fsp3) is 0.182. The van der Waals surface area contributed by atoms with Gasteiger partial charge in [0.1, 0.15) is 12.0 Å². The Labute approximate surface area is 172 Å². The summed E-state index contributed by atoms with van der Waals surface area (Å²) in [6.07, 6.45) is 2.38. The average molecular weight is 405 g/mol. The van der Waals surface area contributed by atoms with Gasteiger partial charge in [-0.05, 0) is 37.1 Å². The number of aromatic nitrogens is 1. The van der Waals surface area contributed by atoms with Crippen LogP contribution in [-0.2, 0) is 0 Å². The highest BCUT2D eigenvalue weighted by molar-refractivity contribution is 6.21. The van der Waals surface area contributed by atoms with Crippen LogP contribution in [0.5, 0.6) is 5.75 Å². The van der Waals surface area contributed by atoms with E-state index in [-0.39, 0.29) is 29.1 Å². The van der Waals surface area contributed by atoms with Crippen molar-refractivity contribution in [3.8, 4) is 17.2 Å². The number of fused-ring (bicyclic) bond motifs is 1. The molecule has 0 fully saturated rings. The lowest BCUT2D eigenvalue weighted by molar-refractivity contribution is 0.0650. The van der Waals surface area contributed by atoms with E-state index in [1.165, 1.54) is 17.2 Å². The monoisotopic (exact) mass is 405 g/mol. The number of hydrogen-bond acceptors (Lipinski definition) is 6. The summed E-state index contributed by atoms with van der Waals surface area (Å²) < 4.78 is 5.29. The first-order valence-electron chi connectivity index (χ1n) is 9.53. The molecule has 3 amide bonds. The number of oxazole rings is 1. The number of carbonyl (C=O) groups excluding carboxylic acids is 3. The highest BCUT2D eigenvalue weighted by atomic mass is 16.3. The Balaban J connectivity index is 1.25. The van der Waals surface area contributed by atoms with Crippen molar-refractivity contribution in [2.45, 2.75) is 12.8 Å². The molecule has 1 aliphatic rings. The summed E-state index contributed by atoms with van der Waals surface area (Å²) in [4.78, 5) is 42.2. The van der Waals surface area contributed by atoms with Crippen LogP contribution in [0.1, 0.15) is 44.0 Å². The molecule has 0 atom stereocenters. The number of hydrogen-bond donors (Lipinski definition) is 2. The van der Waals surface area contributed by atoms with Crippen LogP contribution < -0.4 is 5.32 Å². The minimum absolute atomic E-state index is 0.0134. The molecule has 1 aliphatic heterocycles. The number of amides is 3. The van der Waals surface area contributed by atoms with Gasteiger partial charge in [-0.25, -0.2) is 4.98 Å². The predicted molar refractivity (Wildman–Crippen MR) is 107 cm³/mol. The van der Waals surface area contributed by atoms with Crippen LogP contribution in [0, 0.1) is 0 Å². The Bertz CT molecular complexity index is 1090. The van der Waals surface area contributed by atoms with E-state index in [9.17, 15) is 19.5 Å². The maximum Gasteiger partial charge on any atom is 0.273 e. The summed E-state index contributed by atoms with van der Waals surface area (Å²) >= 11 is 0. The summed E-state index contributed by atoms with van der Waals surface area (Å²) in [7, 11) is 0. The number of benzene rings is 2. The zero-order valence-corrected chi connectivity index (χ0v) is 16.0. The van der Waals surface area contributed by atoms with Crippen LogP contribution in [0.3, 0.4) is 0 Å². The van der Waals surface area contributed by atoms with E-state index >= 15 is 0 Å². The largest absolute Gasteiger partial charge is 0.507 e. The number of phenolic OH excluding ortho intramolecular Hbond substituents is 1. The molecule has 0 saturated carbocycles. The van der Waals surface area contributed by atoms with Crippen LogP contribution in [0.4, 0.5) is 0 Å². The Kier molecular flexibility index (Phi) is 5.30. The fourth-order valence-electron chi connectivity index (χ4n) is 3.29. The van der Waals surface area contributed by atoms with Gasteiger partial charge in [-0.1, -0.05) is 24.3 Å². The lowest BCUT2D eigenvalue weighted by atomic mass is 10.1. The number of para-hydroxylation sites is 1. The van der Waals surface area contributed by atoms with Crippen LogP contribution in [0.25, 0.3) is 11.5 Å². The number of phenols is 1. The Hall–Kier alpha value is -3.94. The fourth-order valence-corrected chi connectivity index (χ4v) is 3.29. The van der Waals surface area contributed by atoms with E-state index in [0.717, 1.165) is 0 Å². The van der Waals surface area contributed by atoms with Crippen LogP contribution >= 0.6 is 0 Å². The number of aromatic hydroxyl groups is 1. The van der Waals surface area contributed by atoms with E-state index in [1.807, 2.05) is 0 Å². The molecule has 152 valence electrons. The van der Waals surface area contributed by atoms with Crippen molar-refractivity contribution in [2.75, 3.05) is 13.1 Å². The van der Waals surface area contributed by atoms with E-state index in [4.69, 9.17) is 4.42 Å². The summed E-state index contributed by atoms with van der Waals surface area (Å²) in [5.41, 5.74) is 1.37. The standard InChI is InChI=1S/C22H19N3O5/c26-18-10-4-3-9-16(18)20-24-17(13-30-20)19(27)23-11-5-6-12-25-21(28)14-7-1-2-8-15(14)22(25)29/h1-4,7-10,13,26H,5-6,11-12H2,(H,23,27). The van der Waals surface area contributed by atoms with Crippen LogP contribution in [0.15, 0.2) is 59.2 Å². The van der Waals surface area contributed by atoms with Crippen molar-refractivity contribution in [1.29, 1.82) is 0 Å². The summed E-state index contributed by atoms with van der Waals surface area (Å²) in [5, 5.41) is 12.6. The molecule has 8 heteroatoms. The highest BCUT2D eigenvalue weighted by Gasteiger charge is 2.34. The molecule has 1 aromatic heterocycles. The van der Waals surface area contributed by atoms with Crippen LogP contribution in [-0.4, -0.2) is 45.8 Å². The van der Waals surface area contributed by atoms with Gasteiger partial charge in [0.2, 0.25) is 5.89 Å². The smallest absolute Gasteiger partial charge is 0.273 e. The van der Waals surface area contributed by atoms with E-state index in [1.54, 1.807) is 42.5 Å². The Morgan fingerprint density at radius 3 is 2.27 bits per heavy atom. The molecule has 0 spiro atoms. The first kappa shape index (κ1) is 19.4. The predicted octanol–water partition coefficient (Wildman–Crippen LogP) is 2.85. The molecular weight excluding hydrogens is 386 g/mol. The Morgan fingerprint density at radius 2 is 1.60 bits per heavy atom. The van der Waals surface area contributed by atoms with Gasteiger partial charge in [-0.3, -0.25) is 19.3 Å². The molecule has 0 unspecified atom stereocenters. The van der Waals surface area contributed by atoms with Crippen molar-refractivity contribution in [1.82, 2.24) is 15.2 Å². The van der Waals surface area contributed by atoms with Crippen LogP contribution in [0.2, 0.25) is 0 Å². The maximum atomic E-state index is 12.3. The molecule has 2 heterocycles. The molecule has 2 N–H and O–H groups in total. The number of nitrogens with one attached hydrogen (secondary N) is 1. The van der Waals surface area contributed by atoms with Gasteiger partial charge in [0.25, 0.3) is 17.7 Å². The number of unbranched alkanes of at least 4 members (excludes halogenated alkanes) is 1. The third-order valence-electron chi connectivity index (χ3n) is 4.84.